The number of hydrogen-bond acceptors (Lipinski definition) is 1. The van der Waals surface area contributed by atoms with Crippen LogP contribution in [0.25, 0.3) is 0 Å². The normalized spacial score (nSPS) is 26.4. The van der Waals surface area contributed by atoms with Crippen LogP contribution in [0, 0.1) is 5.92 Å². The van der Waals surface area contributed by atoms with Crippen molar-refractivity contribution in [2.45, 2.75) is 19.4 Å². The summed E-state index contributed by atoms with van der Waals surface area (Å²) in [4.78, 5) is 11.1. The third-order valence-electron chi connectivity index (χ3n) is 2.64. The molecule has 1 aromatic rings. The predicted molar refractivity (Wildman–Crippen MR) is 51.1 cm³/mol. The van der Waals surface area contributed by atoms with Gasteiger partial charge in [-0.05, 0) is 12.0 Å². The van der Waals surface area contributed by atoms with Gasteiger partial charge in [-0.25, -0.2) is 0 Å². The van der Waals surface area contributed by atoms with Gasteiger partial charge in [0.2, 0.25) is 5.91 Å². The standard InChI is InChI=1S/C11H13NO/c1-2-9-10(12-11(9)13)8-6-4-3-5-7-8/h3-7,9-10H,2H2,1H3,(H,12,13). The number of carbonyl (C=O) groups excluding carboxylic acids is 1. The van der Waals surface area contributed by atoms with Gasteiger partial charge in [-0.1, -0.05) is 37.3 Å². The van der Waals surface area contributed by atoms with Crippen LogP contribution in [0.1, 0.15) is 24.9 Å². The van der Waals surface area contributed by atoms with Gasteiger partial charge < -0.3 is 5.32 Å². The Bertz CT molecular complexity index is 307. The van der Waals surface area contributed by atoms with Crippen LogP contribution >= 0.6 is 0 Å². The first-order chi connectivity index (χ1) is 6.33. The molecule has 1 aliphatic rings. The van der Waals surface area contributed by atoms with Gasteiger partial charge in [0.25, 0.3) is 0 Å². The summed E-state index contributed by atoms with van der Waals surface area (Å²) in [6, 6.07) is 10.4. The van der Waals surface area contributed by atoms with E-state index >= 15 is 0 Å². The molecular weight excluding hydrogens is 162 g/mol. The second kappa shape index (κ2) is 3.21. The largest absolute Gasteiger partial charge is 0.348 e. The third kappa shape index (κ3) is 1.32. The fourth-order valence-corrected chi connectivity index (χ4v) is 1.81. The molecule has 68 valence electrons. The van der Waals surface area contributed by atoms with Crippen molar-refractivity contribution in [1.29, 1.82) is 0 Å². The van der Waals surface area contributed by atoms with Crippen LogP contribution in [0.5, 0.6) is 0 Å². The van der Waals surface area contributed by atoms with Gasteiger partial charge in [-0.15, -0.1) is 0 Å². The fraction of sp³-hybridized carbons (Fsp3) is 0.364. The minimum atomic E-state index is 0.183. The first-order valence-electron chi connectivity index (χ1n) is 4.68. The van der Waals surface area contributed by atoms with E-state index < -0.39 is 0 Å². The molecule has 0 aliphatic carbocycles. The number of carbonyl (C=O) groups is 1. The van der Waals surface area contributed by atoms with Gasteiger partial charge in [0.05, 0.1) is 12.0 Å². The Kier molecular flexibility index (Phi) is 2.05. The van der Waals surface area contributed by atoms with Gasteiger partial charge in [-0.3, -0.25) is 4.79 Å². The molecular formula is C11H13NO. The van der Waals surface area contributed by atoms with Gasteiger partial charge >= 0.3 is 0 Å². The molecule has 2 unspecified atom stereocenters. The van der Waals surface area contributed by atoms with Crippen LogP contribution in [0.2, 0.25) is 0 Å². The molecule has 1 heterocycles. The minimum absolute atomic E-state index is 0.183. The highest BCUT2D eigenvalue weighted by Gasteiger charge is 2.38. The third-order valence-corrected chi connectivity index (χ3v) is 2.64. The Hall–Kier alpha value is -1.31. The molecule has 2 heteroatoms. The van der Waals surface area contributed by atoms with Crippen molar-refractivity contribution in [3.63, 3.8) is 0 Å². The van der Waals surface area contributed by atoms with Crippen molar-refractivity contribution in [2.75, 3.05) is 0 Å². The lowest BCUT2D eigenvalue weighted by Gasteiger charge is -2.36. The van der Waals surface area contributed by atoms with E-state index in [1.807, 2.05) is 18.2 Å². The van der Waals surface area contributed by atoms with Crippen LogP contribution < -0.4 is 5.32 Å². The lowest BCUT2D eigenvalue weighted by Crippen LogP contribution is -2.51. The average Bonchev–Trinajstić information content (AvgIpc) is 2.16. The second-order valence-electron chi connectivity index (χ2n) is 3.41. The van der Waals surface area contributed by atoms with Gasteiger partial charge in [0.15, 0.2) is 0 Å². The maximum absolute atomic E-state index is 11.1. The number of β-lactam (4-membered cyclic amide) rings is 1. The van der Waals surface area contributed by atoms with Crippen LogP contribution in [0.15, 0.2) is 30.3 Å². The first kappa shape index (κ1) is 8.30. The highest BCUT2D eigenvalue weighted by atomic mass is 16.2. The quantitative estimate of drug-likeness (QED) is 0.683. The molecule has 13 heavy (non-hydrogen) atoms. The zero-order chi connectivity index (χ0) is 9.26. The topological polar surface area (TPSA) is 29.1 Å². The number of benzene rings is 1. The summed E-state index contributed by atoms with van der Waals surface area (Å²) in [5, 5.41) is 2.92. The molecule has 1 aliphatic heterocycles. The Morgan fingerprint density at radius 1 is 1.31 bits per heavy atom. The zero-order valence-electron chi connectivity index (χ0n) is 7.66. The smallest absolute Gasteiger partial charge is 0.226 e. The first-order valence-corrected chi connectivity index (χ1v) is 4.68. The summed E-state index contributed by atoms with van der Waals surface area (Å²) in [5.41, 5.74) is 1.22. The molecule has 1 amide bonds. The molecule has 0 spiro atoms. The Morgan fingerprint density at radius 3 is 2.54 bits per heavy atom. The molecule has 0 radical (unpaired) electrons. The zero-order valence-corrected chi connectivity index (χ0v) is 7.66. The van der Waals surface area contributed by atoms with E-state index in [1.54, 1.807) is 0 Å². The van der Waals surface area contributed by atoms with E-state index in [0.29, 0.717) is 0 Å². The van der Waals surface area contributed by atoms with Crippen molar-refractivity contribution in [1.82, 2.24) is 5.32 Å². The van der Waals surface area contributed by atoms with Gasteiger partial charge in [-0.2, -0.15) is 0 Å². The van der Waals surface area contributed by atoms with Crippen LogP contribution in [-0.4, -0.2) is 5.91 Å². The molecule has 2 nitrogen and oxygen atoms in total. The molecule has 0 bridgehead atoms. The number of hydrogen-bond donors (Lipinski definition) is 1. The van der Waals surface area contributed by atoms with Crippen LogP contribution in [0.3, 0.4) is 0 Å². The average molecular weight is 175 g/mol. The van der Waals surface area contributed by atoms with Crippen molar-refractivity contribution in [3.8, 4) is 0 Å². The Balaban J connectivity index is 2.16. The number of rotatable bonds is 2. The van der Waals surface area contributed by atoms with E-state index in [2.05, 4.69) is 24.4 Å². The molecule has 1 N–H and O–H groups in total. The van der Waals surface area contributed by atoms with Crippen molar-refractivity contribution in [3.05, 3.63) is 35.9 Å². The summed E-state index contributed by atoms with van der Waals surface area (Å²) in [5.74, 6) is 0.374. The molecule has 0 saturated carbocycles. The maximum atomic E-state index is 11.1. The molecule has 1 fully saturated rings. The van der Waals surface area contributed by atoms with Gasteiger partial charge in [0.1, 0.15) is 0 Å². The monoisotopic (exact) mass is 175 g/mol. The van der Waals surface area contributed by atoms with E-state index in [0.717, 1.165) is 6.42 Å². The van der Waals surface area contributed by atoms with E-state index in [4.69, 9.17) is 0 Å². The lowest BCUT2D eigenvalue weighted by atomic mass is 9.83. The SMILES string of the molecule is CCC1C(=O)NC1c1ccccc1. The molecule has 0 aromatic heterocycles. The number of amides is 1. The lowest BCUT2D eigenvalue weighted by molar-refractivity contribution is -0.135. The molecule has 1 saturated heterocycles. The van der Waals surface area contributed by atoms with Crippen molar-refractivity contribution in [2.24, 2.45) is 5.92 Å². The van der Waals surface area contributed by atoms with Crippen LogP contribution in [0.4, 0.5) is 0 Å². The summed E-state index contributed by atoms with van der Waals surface area (Å²) >= 11 is 0. The molecule has 2 rings (SSSR count). The van der Waals surface area contributed by atoms with Crippen molar-refractivity contribution >= 4 is 5.91 Å². The van der Waals surface area contributed by atoms with Crippen LogP contribution in [-0.2, 0) is 4.79 Å². The van der Waals surface area contributed by atoms with E-state index in [1.165, 1.54) is 5.56 Å². The highest BCUT2D eigenvalue weighted by Crippen LogP contribution is 2.32. The summed E-state index contributed by atoms with van der Waals surface area (Å²) in [6.07, 6.45) is 0.922. The Labute approximate surface area is 78.0 Å². The van der Waals surface area contributed by atoms with Crippen molar-refractivity contribution < 1.29 is 4.79 Å². The molecule has 1 aromatic carbocycles. The predicted octanol–water partition coefficient (Wildman–Crippen LogP) is 1.88. The fourth-order valence-electron chi connectivity index (χ4n) is 1.81. The maximum Gasteiger partial charge on any atom is 0.226 e. The number of nitrogens with one attached hydrogen (secondary N) is 1. The highest BCUT2D eigenvalue weighted by molar-refractivity contribution is 5.86. The minimum Gasteiger partial charge on any atom is -0.348 e. The summed E-state index contributed by atoms with van der Waals surface area (Å²) in [7, 11) is 0. The summed E-state index contributed by atoms with van der Waals surface area (Å²) < 4.78 is 0. The second-order valence-corrected chi connectivity index (χ2v) is 3.41. The molecule has 2 atom stereocenters. The van der Waals surface area contributed by atoms with E-state index in [9.17, 15) is 4.79 Å². The summed E-state index contributed by atoms with van der Waals surface area (Å²) in [6.45, 7) is 2.05. The Morgan fingerprint density at radius 2 is 2.00 bits per heavy atom. The van der Waals surface area contributed by atoms with Gasteiger partial charge in [0, 0.05) is 0 Å². The van der Waals surface area contributed by atoms with E-state index in [-0.39, 0.29) is 17.9 Å².